The Morgan fingerprint density at radius 1 is 0.677 bits per heavy atom. The molecule has 4 saturated heterocycles. The zero-order valence-electron chi connectivity index (χ0n) is 33.5. The van der Waals surface area contributed by atoms with E-state index in [1.54, 1.807) is 105 Å². The highest BCUT2D eigenvalue weighted by atomic mass is 16.2. The van der Waals surface area contributed by atoms with Crippen LogP contribution in [-0.4, -0.2) is 90.8 Å². The highest BCUT2D eigenvalue weighted by Crippen LogP contribution is 2.34. The van der Waals surface area contributed by atoms with Gasteiger partial charge in [0.25, 0.3) is 11.8 Å². The van der Waals surface area contributed by atoms with Crippen LogP contribution in [0.2, 0.25) is 0 Å². The summed E-state index contributed by atoms with van der Waals surface area (Å²) >= 11 is 0. The second-order valence-electron chi connectivity index (χ2n) is 15.0. The molecule has 0 bridgehead atoms. The molecule has 4 aromatic heterocycles. The highest BCUT2D eigenvalue weighted by Gasteiger charge is 2.54. The molecule has 0 aliphatic carbocycles. The Morgan fingerprint density at radius 2 is 1.18 bits per heavy atom. The van der Waals surface area contributed by atoms with Crippen molar-refractivity contribution in [2.45, 2.75) is 36.8 Å². The minimum absolute atomic E-state index is 0.171. The summed E-state index contributed by atoms with van der Waals surface area (Å²) < 4.78 is 3.45. The molecule has 0 radical (unpaired) electrons. The molecular formula is C45H42N12O5. The quantitative estimate of drug-likeness (QED) is 0.0984. The molecule has 312 valence electrons. The predicted molar refractivity (Wildman–Crippen MR) is 233 cm³/mol. The lowest BCUT2D eigenvalue weighted by molar-refractivity contribution is -0.124. The van der Waals surface area contributed by atoms with Crippen LogP contribution >= 0.6 is 0 Å². The number of imidazole rings is 2. The molecule has 10 rings (SSSR count). The Hall–Kier alpha value is -8.15. The Bertz CT molecular complexity index is 2800. The van der Waals surface area contributed by atoms with Gasteiger partial charge in [0.05, 0.1) is 0 Å². The second kappa shape index (κ2) is 16.8. The van der Waals surface area contributed by atoms with Gasteiger partial charge in [-0.2, -0.15) is 0 Å². The van der Waals surface area contributed by atoms with E-state index in [1.165, 1.54) is 4.90 Å². The first kappa shape index (κ1) is 40.6. The van der Waals surface area contributed by atoms with Gasteiger partial charge in [0, 0.05) is 60.4 Å². The molecule has 6 aromatic rings. The first-order valence-corrected chi connectivity index (χ1v) is 19.9. The zero-order chi connectivity index (χ0) is 43.4. The van der Waals surface area contributed by atoms with Crippen LogP contribution in [0.3, 0.4) is 0 Å². The number of nitrogens with zero attached hydrogens (tertiary/aromatic N) is 7. The van der Waals surface area contributed by atoms with Crippen molar-refractivity contribution in [3.05, 3.63) is 121 Å². The fraction of sp³-hybridized carbons (Fsp3) is 0.222. The standard InChI is InChI=1S/C23H20N6O3.C14H15N5O2.C8H7N/c1-2-16-5-3-6-17(15-16)25-21(31)27-12-9-23(10-13-27)20(30)29(22(32)26-23)19-8-4-7-18-24-11-14-28(18)19;20-12-14(4-6-15-7-5-14)17-13(21)19(12)11-3-1-2-10-16-8-9-18(10)11;1-2-7-4-3-5-8(9)6-7/h1,3-8,11,14-15H,9-10,12-13H2,(H,25,31)(H,26,32);1-3,8-9,15H,4-7H2,(H,17,21);1,3-6H,9H2. The molecule has 4 aliphatic heterocycles. The van der Waals surface area contributed by atoms with Gasteiger partial charge in [-0.25, -0.2) is 34.2 Å². The molecule has 17 heteroatoms. The largest absolute Gasteiger partial charge is 0.399 e. The van der Waals surface area contributed by atoms with Gasteiger partial charge < -0.3 is 31.9 Å². The molecule has 8 amide bonds. The molecule has 2 aromatic carbocycles. The van der Waals surface area contributed by atoms with Crippen LogP contribution in [0, 0.1) is 24.7 Å². The monoisotopic (exact) mass is 830 g/mol. The van der Waals surface area contributed by atoms with Crippen molar-refractivity contribution in [1.82, 2.24) is 39.6 Å². The minimum atomic E-state index is -1.03. The number of piperidine rings is 2. The number of amides is 8. The molecule has 0 saturated carbocycles. The highest BCUT2D eigenvalue weighted by molar-refractivity contribution is 6.24. The van der Waals surface area contributed by atoms with Gasteiger partial charge >= 0.3 is 18.1 Å². The number of imide groups is 2. The number of nitrogens with two attached hydrogens (primary N) is 1. The summed E-state index contributed by atoms with van der Waals surface area (Å²) in [4.78, 5) is 76.5. The maximum Gasteiger partial charge on any atom is 0.330 e. The van der Waals surface area contributed by atoms with Crippen LogP contribution in [0.25, 0.3) is 11.3 Å². The SMILES string of the molecule is C#Cc1cccc(N)c1.C#Cc1cccc(NC(=O)N2CCC3(CC2)NC(=O)N(c2cccc4nccn24)C3=O)c1.O=C1NC2(CCNCC2)C(=O)N1c1cccc2nccn12. The number of urea groups is 3. The third-order valence-electron chi connectivity index (χ3n) is 11.3. The fourth-order valence-electron chi connectivity index (χ4n) is 8.03. The van der Waals surface area contributed by atoms with Crippen LogP contribution < -0.4 is 36.8 Å². The third kappa shape index (κ3) is 7.71. The first-order valence-electron chi connectivity index (χ1n) is 19.9. The molecule has 0 unspecified atom stereocenters. The Kier molecular flexibility index (Phi) is 11.0. The number of pyridine rings is 2. The van der Waals surface area contributed by atoms with Gasteiger partial charge in [-0.1, -0.05) is 36.1 Å². The van der Waals surface area contributed by atoms with Crippen molar-refractivity contribution in [3.63, 3.8) is 0 Å². The molecule has 6 N–H and O–H groups in total. The van der Waals surface area contributed by atoms with Crippen LogP contribution in [0.5, 0.6) is 0 Å². The Balaban J connectivity index is 0.000000150. The number of hydrogen-bond acceptors (Lipinski definition) is 9. The van der Waals surface area contributed by atoms with Crippen molar-refractivity contribution >= 4 is 64.2 Å². The predicted octanol–water partition coefficient (Wildman–Crippen LogP) is 4.20. The minimum Gasteiger partial charge on any atom is -0.399 e. The number of rotatable bonds is 3. The van der Waals surface area contributed by atoms with Crippen molar-refractivity contribution in [2.24, 2.45) is 0 Å². The number of carbonyl (C=O) groups excluding carboxylic acids is 5. The molecular weight excluding hydrogens is 789 g/mol. The topological polar surface area (TPSA) is 204 Å². The molecule has 17 nitrogen and oxygen atoms in total. The van der Waals surface area contributed by atoms with E-state index in [4.69, 9.17) is 18.6 Å². The average molecular weight is 831 g/mol. The Labute approximate surface area is 356 Å². The second-order valence-corrected chi connectivity index (χ2v) is 15.0. The number of nitrogens with one attached hydrogen (secondary N) is 4. The Morgan fingerprint density at radius 3 is 1.69 bits per heavy atom. The van der Waals surface area contributed by atoms with Gasteiger partial charge in [0.2, 0.25) is 0 Å². The summed E-state index contributed by atoms with van der Waals surface area (Å²) in [6, 6.07) is 23.8. The lowest BCUT2D eigenvalue weighted by Gasteiger charge is -2.37. The van der Waals surface area contributed by atoms with Gasteiger partial charge in [-0.3, -0.25) is 18.4 Å². The van der Waals surface area contributed by atoms with E-state index >= 15 is 0 Å². The summed E-state index contributed by atoms with van der Waals surface area (Å²) in [5, 5.41) is 11.8. The van der Waals surface area contributed by atoms with Gasteiger partial charge in [0.1, 0.15) is 34.0 Å². The first-order chi connectivity index (χ1) is 30.0. The maximum absolute atomic E-state index is 13.4. The molecule has 62 heavy (non-hydrogen) atoms. The van der Waals surface area contributed by atoms with Crippen molar-refractivity contribution in [3.8, 4) is 24.7 Å². The van der Waals surface area contributed by atoms with Crippen LogP contribution in [0.15, 0.2) is 110 Å². The molecule has 8 heterocycles. The lowest BCUT2D eigenvalue weighted by Crippen LogP contribution is -2.56. The maximum atomic E-state index is 13.4. The van der Waals surface area contributed by atoms with Gasteiger partial charge in [-0.05, 0) is 99.4 Å². The summed E-state index contributed by atoms with van der Waals surface area (Å²) in [6.45, 7) is 2.12. The number of aromatic nitrogens is 4. The number of hydrogen-bond donors (Lipinski definition) is 5. The normalized spacial score (nSPS) is 17.4. The summed E-state index contributed by atoms with van der Waals surface area (Å²) in [6.07, 6.45) is 19.1. The molecule has 2 spiro atoms. The number of anilines is 4. The van der Waals surface area contributed by atoms with Gasteiger partial charge in [0.15, 0.2) is 0 Å². The zero-order valence-corrected chi connectivity index (χ0v) is 33.5. The summed E-state index contributed by atoms with van der Waals surface area (Å²) in [5.41, 5.74) is 7.83. The number of terminal acetylenes is 2. The third-order valence-corrected chi connectivity index (χ3v) is 11.3. The lowest BCUT2D eigenvalue weighted by atomic mass is 9.87. The fourth-order valence-corrected chi connectivity index (χ4v) is 8.03. The van der Waals surface area contributed by atoms with Gasteiger partial charge in [-0.15, -0.1) is 12.8 Å². The molecule has 4 aliphatic rings. The summed E-state index contributed by atoms with van der Waals surface area (Å²) in [5.74, 6) is 5.51. The molecule has 4 fully saturated rings. The number of fused-ring (bicyclic) bond motifs is 2. The van der Waals surface area contributed by atoms with E-state index in [0.717, 1.165) is 23.6 Å². The number of benzene rings is 2. The van der Waals surface area contributed by atoms with E-state index in [0.29, 0.717) is 78.6 Å². The summed E-state index contributed by atoms with van der Waals surface area (Å²) in [7, 11) is 0. The molecule has 0 atom stereocenters. The number of nitrogen functional groups attached to an aromatic ring is 1. The van der Waals surface area contributed by atoms with Crippen molar-refractivity contribution < 1.29 is 24.0 Å². The van der Waals surface area contributed by atoms with Crippen LogP contribution in [0.4, 0.5) is 37.4 Å². The smallest absolute Gasteiger partial charge is 0.330 e. The van der Waals surface area contributed by atoms with Crippen molar-refractivity contribution in [1.29, 1.82) is 0 Å². The van der Waals surface area contributed by atoms with E-state index < -0.39 is 17.1 Å². The van der Waals surface area contributed by atoms with E-state index in [1.807, 2.05) is 18.2 Å². The average Bonchev–Trinajstić information content (AvgIpc) is 4.07. The number of carbonyl (C=O) groups is 5. The number of likely N-dealkylation sites (tertiary alicyclic amines) is 1. The van der Waals surface area contributed by atoms with E-state index in [9.17, 15) is 24.0 Å². The van der Waals surface area contributed by atoms with E-state index in [-0.39, 0.29) is 23.9 Å². The van der Waals surface area contributed by atoms with Crippen LogP contribution in [0.1, 0.15) is 36.8 Å². The van der Waals surface area contributed by atoms with E-state index in [2.05, 4.69) is 43.1 Å². The van der Waals surface area contributed by atoms with Crippen molar-refractivity contribution in [2.75, 3.05) is 47.0 Å². The van der Waals surface area contributed by atoms with Crippen LogP contribution in [-0.2, 0) is 9.59 Å².